The summed E-state index contributed by atoms with van der Waals surface area (Å²) < 4.78 is 4.06. The lowest BCUT2D eigenvalue weighted by Crippen LogP contribution is -2.47. The Labute approximate surface area is 159 Å². The van der Waals surface area contributed by atoms with Crippen molar-refractivity contribution >= 4 is 29.1 Å². The molecule has 3 aromatic rings. The number of nitrogens with one attached hydrogen (secondary N) is 1. The number of carbonyl (C=O) groups is 3. The van der Waals surface area contributed by atoms with E-state index in [4.69, 9.17) is 5.73 Å². The van der Waals surface area contributed by atoms with Gasteiger partial charge in [0.05, 0.1) is 11.9 Å². The first-order valence-corrected chi connectivity index (χ1v) is 8.88. The van der Waals surface area contributed by atoms with Crippen molar-refractivity contribution in [2.24, 2.45) is 5.73 Å². The molecule has 0 aliphatic rings. The first kappa shape index (κ1) is 18.4. The van der Waals surface area contributed by atoms with Gasteiger partial charge in [-0.2, -0.15) is 4.37 Å². The Morgan fingerprint density at radius 3 is 2.48 bits per heavy atom. The third-order valence-electron chi connectivity index (χ3n) is 3.86. The number of nitrogens with two attached hydrogens (primary N) is 1. The van der Waals surface area contributed by atoms with Crippen molar-refractivity contribution in [1.82, 2.24) is 14.7 Å². The first-order valence-electron chi connectivity index (χ1n) is 8.10. The highest BCUT2D eigenvalue weighted by atomic mass is 32.1. The van der Waals surface area contributed by atoms with Crippen LogP contribution in [0.25, 0.3) is 11.3 Å². The molecule has 0 saturated carbocycles. The maximum absolute atomic E-state index is 12.8. The zero-order valence-electron chi connectivity index (χ0n) is 14.2. The summed E-state index contributed by atoms with van der Waals surface area (Å²) in [5.74, 6) is -2.45. The molecule has 1 atom stereocenters. The summed E-state index contributed by atoms with van der Waals surface area (Å²) in [7, 11) is 0. The number of rotatable bonds is 7. The molecule has 0 bridgehead atoms. The van der Waals surface area contributed by atoms with Crippen molar-refractivity contribution in [1.29, 1.82) is 0 Å². The quantitative estimate of drug-likeness (QED) is 0.604. The largest absolute Gasteiger partial charge is 0.363 e. The molecule has 1 aromatic carbocycles. The van der Waals surface area contributed by atoms with E-state index in [2.05, 4.69) is 14.7 Å². The Morgan fingerprint density at radius 1 is 1.07 bits per heavy atom. The van der Waals surface area contributed by atoms with E-state index in [-0.39, 0.29) is 6.42 Å². The molecule has 0 fully saturated rings. The lowest BCUT2D eigenvalue weighted by atomic mass is 10.0. The molecule has 0 spiro atoms. The summed E-state index contributed by atoms with van der Waals surface area (Å²) in [6.07, 6.45) is 3.32. The van der Waals surface area contributed by atoms with Gasteiger partial charge in [-0.25, -0.2) is 0 Å². The van der Waals surface area contributed by atoms with Gasteiger partial charge >= 0.3 is 0 Å². The van der Waals surface area contributed by atoms with Crippen LogP contribution >= 0.6 is 11.5 Å². The Hall–Kier alpha value is -3.39. The van der Waals surface area contributed by atoms with E-state index in [1.165, 1.54) is 0 Å². The number of ketones is 1. The second-order valence-electron chi connectivity index (χ2n) is 5.73. The predicted molar refractivity (Wildman–Crippen MR) is 101 cm³/mol. The van der Waals surface area contributed by atoms with Gasteiger partial charge in [-0.1, -0.05) is 36.4 Å². The number of benzene rings is 1. The number of nitrogens with zero attached hydrogens (tertiary/aromatic N) is 2. The number of hydrogen-bond acceptors (Lipinski definition) is 6. The molecule has 0 aliphatic carbocycles. The number of Topliss-reactive ketones (excluding diaryl/α,β-unsaturated/α-hetero) is 1. The summed E-state index contributed by atoms with van der Waals surface area (Å²) in [5.41, 5.74) is 7.10. The highest BCUT2D eigenvalue weighted by Crippen LogP contribution is 2.24. The van der Waals surface area contributed by atoms with Crippen LogP contribution in [0.2, 0.25) is 0 Å². The number of amides is 2. The molecule has 0 aliphatic heterocycles. The standard InChI is InChI=1S/C19H16N4O3S/c20-18(25)16(24)15(10-12-6-2-1-3-7-12)23-19(26)17-13(11-22-27-17)14-8-4-5-9-21-14/h1-9,11,15H,10H2,(H2,20,25)(H,23,26). The zero-order valence-corrected chi connectivity index (χ0v) is 15.0. The smallest absolute Gasteiger partial charge is 0.287 e. The molecule has 0 saturated heterocycles. The lowest BCUT2D eigenvalue weighted by molar-refractivity contribution is -0.137. The van der Waals surface area contributed by atoms with Crippen LogP contribution in [-0.4, -0.2) is 33.0 Å². The highest BCUT2D eigenvalue weighted by molar-refractivity contribution is 7.08. The Bertz CT molecular complexity index is 957. The molecule has 2 heterocycles. The molecular formula is C19H16N4O3S. The van der Waals surface area contributed by atoms with E-state index >= 15 is 0 Å². The first-order chi connectivity index (χ1) is 13.1. The third-order valence-corrected chi connectivity index (χ3v) is 4.66. The molecule has 136 valence electrons. The highest BCUT2D eigenvalue weighted by Gasteiger charge is 2.27. The molecule has 3 rings (SSSR count). The monoisotopic (exact) mass is 380 g/mol. The summed E-state index contributed by atoms with van der Waals surface area (Å²) >= 11 is 0.991. The Kier molecular flexibility index (Phi) is 5.68. The van der Waals surface area contributed by atoms with Crippen LogP contribution in [0.1, 0.15) is 15.2 Å². The van der Waals surface area contributed by atoms with Crippen LogP contribution in [-0.2, 0) is 16.0 Å². The van der Waals surface area contributed by atoms with E-state index in [0.29, 0.717) is 16.1 Å². The third kappa shape index (κ3) is 4.42. The molecule has 2 amide bonds. The van der Waals surface area contributed by atoms with Crippen molar-refractivity contribution in [3.8, 4) is 11.3 Å². The Balaban J connectivity index is 1.84. The van der Waals surface area contributed by atoms with Crippen LogP contribution in [0, 0.1) is 0 Å². The minimum absolute atomic E-state index is 0.159. The van der Waals surface area contributed by atoms with Gasteiger partial charge in [-0.3, -0.25) is 19.4 Å². The fourth-order valence-corrected chi connectivity index (χ4v) is 3.22. The van der Waals surface area contributed by atoms with E-state index in [1.54, 1.807) is 42.7 Å². The molecule has 7 nitrogen and oxygen atoms in total. The van der Waals surface area contributed by atoms with Gasteiger partial charge in [0.25, 0.3) is 11.8 Å². The lowest BCUT2D eigenvalue weighted by Gasteiger charge is -2.16. The maximum Gasteiger partial charge on any atom is 0.287 e. The van der Waals surface area contributed by atoms with Gasteiger partial charge in [0.1, 0.15) is 10.9 Å². The minimum atomic E-state index is -1.09. The summed E-state index contributed by atoms with van der Waals surface area (Å²) in [5, 5.41) is 2.61. The maximum atomic E-state index is 12.8. The summed E-state index contributed by atoms with van der Waals surface area (Å²) in [4.78, 5) is 40.9. The van der Waals surface area contributed by atoms with Crippen molar-refractivity contribution < 1.29 is 14.4 Å². The van der Waals surface area contributed by atoms with Crippen molar-refractivity contribution in [3.63, 3.8) is 0 Å². The van der Waals surface area contributed by atoms with Gasteiger partial charge in [0.15, 0.2) is 0 Å². The molecule has 0 radical (unpaired) electrons. The second kappa shape index (κ2) is 8.33. The average Bonchev–Trinajstić information content (AvgIpc) is 3.18. The minimum Gasteiger partial charge on any atom is -0.363 e. The number of primary amides is 1. The van der Waals surface area contributed by atoms with Crippen molar-refractivity contribution in [3.05, 3.63) is 71.4 Å². The molecular weight excluding hydrogens is 364 g/mol. The number of carbonyl (C=O) groups excluding carboxylic acids is 3. The topological polar surface area (TPSA) is 115 Å². The van der Waals surface area contributed by atoms with Crippen LogP contribution < -0.4 is 11.1 Å². The molecule has 2 aromatic heterocycles. The van der Waals surface area contributed by atoms with Gasteiger partial charge < -0.3 is 11.1 Å². The van der Waals surface area contributed by atoms with Gasteiger partial charge in [0.2, 0.25) is 5.78 Å². The van der Waals surface area contributed by atoms with E-state index in [1.807, 2.05) is 18.2 Å². The molecule has 1 unspecified atom stereocenters. The summed E-state index contributed by atoms with van der Waals surface area (Å²) in [6.45, 7) is 0. The van der Waals surface area contributed by atoms with Gasteiger partial charge in [0, 0.05) is 18.2 Å². The van der Waals surface area contributed by atoms with Crippen LogP contribution in [0.15, 0.2) is 60.9 Å². The predicted octanol–water partition coefficient (Wildman–Crippen LogP) is 1.60. The molecule has 27 heavy (non-hydrogen) atoms. The van der Waals surface area contributed by atoms with E-state index in [0.717, 1.165) is 17.1 Å². The van der Waals surface area contributed by atoms with Crippen LogP contribution in [0.3, 0.4) is 0 Å². The van der Waals surface area contributed by atoms with E-state index < -0.39 is 23.6 Å². The SMILES string of the molecule is NC(=O)C(=O)C(Cc1ccccc1)NC(=O)c1sncc1-c1ccccn1. The number of aromatic nitrogens is 2. The average molecular weight is 380 g/mol. The Morgan fingerprint density at radius 2 is 1.81 bits per heavy atom. The fraction of sp³-hybridized carbons (Fsp3) is 0.105. The number of hydrogen-bond donors (Lipinski definition) is 2. The van der Waals surface area contributed by atoms with Crippen molar-refractivity contribution in [2.75, 3.05) is 0 Å². The van der Waals surface area contributed by atoms with Crippen LogP contribution in [0.5, 0.6) is 0 Å². The molecule has 8 heteroatoms. The van der Waals surface area contributed by atoms with E-state index in [9.17, 15) is 14.4 Å². The van der Waals surface area contributed by atoms with Crippen LogP contribution in [0.4, 0.5) is 0 Å². The summed E-state index contributed by atoms with van der Waals surface area (Å²) in [6, 6.07) is 13.3. The molecule has 3 N–H and O–H groups in total. The second-order valence-corrected chi connectivity index (χ2v) is 6.53. The van der Waals surface area contributed by atoms with Gasteiger partial charge in [-0.05, 0) is 29.2 Å². The zero-order chi connectivity index (χ0) is 19.2. The number of pyridine rings is 1. The normalized spacial score (nSPS) is 11.6. The van der Waals surface area contributed by atoms with Gasteiger partial charge in [-0.15, -0.1) is 0 Å². The van der Waals surface area contributed by atoms with Crippen molar-refractivity contribution in [2.45, 2.75) is 12.5 Å². The fourth-order valence-electron chi connectivity index (χ4n) is 2.56.